The Bertz CT molecular complexity index is 457. The van der Waals surface area contributed by atoms with Gasteiger partial charge in [-0.25, -0.2) is 0 Å². The van der Waals surface area contributed by atoms with Crippen LogP contribution in [-0.4, -0.2) is 6.54 Å². The second kappa shape index (κ2) is 9.89. The topological polar surface area (TPSA) is 14.1 Å². The summed E-state index contributed by atoms with van der Waals surface area (Å²) in [6, 6.07) is 6.87. The number of hydrogen-bond acceptors (Lipinski definition) is 0. The molecule has 1 aromatic rings. The molecule has 128 valence electrons. The van der Waals surface area contributed by atoms with Crippen LogP contribution in [0.15, 0.2) is 18.2 Å². The van der Waals surface area contributed by atoms with Crippen LogP contribution in [0.5, 0.6) is 0 Å². The van der Waals surface area contributed by atoms with Gasteiger partial charge in [0.1, 0.15) is 0 Å². The van der Waals surface area contributed by atoms with Crippen LogP contribution in [0.1, 0.15) is 51.2 Å². The van der Waals surface area contributed by atoms with Gasteiger partial charge in [-0.2, -0.15) is 0 Å². The number of nitrogens with zero attached hydrogens (tertiary/aromatic N) is 1. The average molecular weight is 349 g/mol. The monoisotopic (exact) mass is 349 g/mol. The van der Waals surface area contributed by atoms with Gasteiger partial charge in [-0.1, -0.05) is 63.4 Å². The fourth-order valence-electron chi connectivity index (χ4n) is 4.39. The van der Waals surface area contributed by atoms with Gasteiger partial charge >= 0.3 is 21.7 Å². The molecule has 0 aromatic heterocycles. The standard InChI is InChI=1S/C18H26N.3CH3.Ti/c1-11-12(2)14(4)17(13(11)3)16-9-5-7-15-8-6-10-19-18(15)16;;;;/h5,7,9,11-14,17H,6,8,10H2,1-4H3;3*1H3;/q4*-1;+4. The number of rotatable bonds is 1. The Balaban J connectivity index is 0. The van der Waals surface area contributed by atoms with Crippen molar-refractivity contribution in [3.63, 3.8) is 0 Å². The fraction of sp³-hybridized carbons (Fsp3) is 0.571. The molecular formula is C21H35NTi. The van der Waals surface area contributed by atoms with E-state index in [1.165, 1.54) is 29.7 Å². The molecule has 0 amide bonds. The average Bonchev–Trinajstić information content (AvgIpc) is 2.63. The van der Waals surface area contributed by atoms with E-state index in [2.05, 4.69) is 45.9 Å². The largest absolute Gasteiger partial charge is 4.00 e. The molecule has 2 heteroatoms. The van der Waals surface area contributed by atoms with Crippen molar-refractivity contribution < 1.29 is 21.7 Å². The zero-order valence-corrected chi connectivity index (χ0v) is 17.7. The summed E-state index contributed by atoms with van der Waals surface area (Å²) in [5.74, 6) is 3.88. The first kappa shape index (κ1) is 25.0. The molecule has 1 heterocycles. The van der Waals surface area contributed by atoms with Gasteiger partial charge in [0.2, 0.25) is 0 Å². The van der Waals surface area contributed by atoms with Crippen LogP contribution in [0.3, 0.4) is 0 Å². The van der Waals surface area contributed by atoms with Crippen molar-refractivity contribution in [1.29, 1.82) is 0 Å². The van der Waals surface area contributed by atoms with E-state index in [1.807, 2.05) is 0 Å². The molecule has 23 heavy (non-hydrogen) atoms. The molecule has 0 spiro atoms. The van der Waals surface area contributed by atoms with Crippen molar-refractivity contribution in [2.45, 2.75) is 46.5 Å². The molecule has 0 radical (unpaired) electrons. The van der Waals surface area contributed by atoms with E-state index >= 15 is 0 Å². The van der Waals surface area contributed by atoms with Gasteiger partial charge in [0.05, 0.1) is 0 Å². The first-order valence-corrected chi connectivity index (χ1v) is 7.90. The van der Waals surface area contributed by atoms with Gasteiger partial charge in [-0.05, 0) is 36.0 Å². The minimum absolute atomic E-state index is 0. The Kier molecular flexibility index (Phi) is 10.7. The minimum Gasteiger partial charge on any atom is -0.684 e. The maximum absolute atomic E-state index is 4.86. The van der Waals surface area contributed by atoms with Gasteiger partial charge in [0.25, 0.3) is 0 Å². The molecule has 1 aromatic carbocycles. The molecular weight excluding hydrogens is 314 g/mol. The predicted octanol–water partition coefficient (Wildman–Crippen LogP) is 6.63. The molecule has 1 aliphatic carbocycles. The summed E-state index contributed by atoms with van der Waals surface area (Å²) < 4.78 is 0. The van der Waals surface area contributed by atoms with E-state index in [1.54, 1.807) is 0 Å². The van der Waals surface area contributed by atoms with E-state index in [9.17, 15) is 0 Å². The van der Waals surface area contributed by atoms with E-state index in [4.69, 9.17) is 5.32 Å². The molecule has 1 aliphatic heterocycles. The molecule has 1 fully saturated rings. The van der Waals surface area contributed by atoms with Gasteiger partial charge in [-0.3, -0.25) is 0 Å². The summed E-state index contributed by atoms with van der Waals surface area (Å²) in [5.41, 5.74) is 4.36. The van der Waals surface area contributed by atoms with Crippen LogP contribution in [0.2, 0.25) is 0 Å². The normalized spacial score (nSPS) is 31.2. The Labute approximate surface area is 160 Å². The van der Waals surface area contributed by atoms with E-state index in [0.717, 1.165) is 30.2 Å². The van der Waals surface area contributed by atoms with E-state index in [-0.39, 0.29) is 44.0 Å². The Morgan fingerprint density at radius 3 is 2.00 bits per heavy atom. The molecule has 1 saturated carbocycles. The summed E-state index contributed by atoms with van der Waals surface area (Å²) in [6.07, 6.45) is 2.44. The molecule has 0 saturated heterocycles. The molecule has 0 bridgehead atoms. The Hall–Kier alpha value is -0.266. The zero-order valence-electron chi connectivity index (χ0n) is 16.2. The summed E-state index contributed by atoms with van der Waals surface area (Å²) in [6.45, 7) is 10.8. The second-order valence-corrected chi connectivity index (χ2v) is 6.80. The predicted molar refractivity (Wildman–Crippen MR) is 101 cm³/mol. The van der Waals surface area contributed by atoms with Crippen molar-refractivity contribution in [3.8, 4) is 0 Å². The van der Waals surface area contributed by atoms with Crippen molar-refractivity contribution in [2.24, 2.45) is 23.7 Å². The maximum Gasteiger partial charge on any atom is 4.00 e. The summed E-state index contributed by atoms with van der Waals surface area (Å²) in [4.78, 5) is 0. The Morgan fingerprint density at radius 1 is 0.870 bits per heavy atom. The van der Waals surface area contributed by atoms with Crippen molar-refractivity contribution >= 4 is 5.69 Å². The van der Waals surface area contributed by atoms with Gasteiger partial charge in [-0.15, -0.1) is 12.2 Å². The van der Waals surface area contributed by atoms with Crippen LogP contribution >= 0.6 is 0 Å². The van der Waals surface area contributed by atoms with E-state index < -0.39 is 0 Å². The van der Waals surface area contributed by atoms with E-state index in [0.29, 0.717) is 5.92 Å². The molecule has 0 N–H and O–H groups in total. The van der Waals surface area contributed by atoms with Crippen LogP contribution in [-0.2, 0) is 28.1 Å². The van der Waals surface area contributed by atoms with Gasteiger partial charge in [0.15, 0.2) is 0 Å². The number of aryl methyl sites for hydroxylation is 1. The summed E-state index contributed by atoms with van der Waals surface area (Å²) >= 11 is 0. The van der Waals surface area contributed by atoms with Crippen molar-refractivity contribution in [2.75, 3.05) is 6.54 Å². The summed E-state index contributed by atoms with van der Waals surface area (Å²) in [5, 5.41) is 4.86. The van der Waals surface area contributed by atoms with Crippen LogP contribution in [0, 0.1) is 46.0 Å². The SMILES string of the molecule is CC1C(C)C(C)C(c2cccc3c2[N-]CCC3)C1C.[CH3-].[CH3-].[CH3-].[Ti+4]. The van der Waals surface area contributed by atoms with Crippen molar-refractivity contribution in [1.82, 2.24) is 0 Å². The van der Waals surface area contributed by atoms with Crippen LogP contribution in [0.4, 0.5) is 5.69 Å². The molecule has 4 atom stereocenters. The maximum atomic E-state index is 4.86. The van der Waals surface area contributed by atoms with Crippen LogP contribution < -0.4 is 0 Å². The zero-order chi connectivity index (χ0) is 13.6. The first-order chi connectivity index (χ1) is 9.11. The molecule has 3 rings (SSSR count). The number of para-hydroxylation sites is 1. The molecule has 4 unspecified atom stereocenters. The second-order valence-electron chi connectivity index (χ2n) is 6.80. The molecule has 1 nitrogen and oxygen atoms in total. The first-order valence-electron chi connectivity index (χ1n) is 7.90. The quantitative estimate of drug-likeness (QED) is 0.399. The fourth-order valence-corrected chi connectivity index (χ4v) is 4.39. The third-order valence-corrected chi connectivity index (χ3v) is 6.00. The Morgan fingerprint density at radius 2 is 1.43 bits per heavy atom. The van der Waals surface area contributed by atoms with Crippen molar-refractivity contribution in [3.05, 3.63) is 56.9 Å². The minimum atomic E-state index is 0. The third-order valence-electron chi connectivity index (χ3n) is 6.00. The summed E-state index contributed by atoms with van der Waals surface area (Å²) in [7, 11) is 0. The number of hydrogen-bond donors (Lipinski definition) is 0. The smallest absolute Gasteiger partial charge is 0.684 e. The van der Waals surface area contributed by atoms with Gasteiger partial charge in [0, 0.05) is 0 Å². The molecule has 2 aliphatic rings. The van der Waals surface area contributed by atoms with Crippen LogP contribution in [0.25, 0.3) is 5.32 Å². The number of fused-ring (bicyclic) bond motifs is 1. The van der Waals surface area contributed by atoms with Gasteiger partial charge < -0.3 is 27.6 Å². The number of benzene rings is 1. The third kappa shape index (κ3) is 4.23.